The lowest BCUT2D eigenvalue weighted by atomic mass is 9.93. The Labute approximate surface area is 151 Å². The Balaban J connectivity index is 2.16. The monoisotopic (exact) mass is 329 g/mol. The van der Waals surface area contributed by atoms with E-state index >= 15 is 0 Å². The average molecular weight is 329 g/mol. The molecule has 0 fully saturated rings. The van der Waals surface area contributed by atoms with Crippen molar-refractivity contribution in [2.45, 2.75) is 47.5 Å². The number of rotatable bonds is 4. The second-order valence-electron chi connectivity index (χ2n) is 6.93. The average Bonchev–Trinajstić information content (AvgIpc) is 2.63. The van der Waals surface area contributed by atoms with Crippen molar-refractivity contribution in [3.63, 3.8) is 0 Å². The Hall–Kier alpha value is -2.41. The van der Waals surface area contributed by atoms with Gasteiger partial charge in [0.2, 0.25) is 0 Å². The highest BCUT2D eigenvalue weighted by atomic mass is 14.7. The van der Waals surface area contributed by atoms with Crippen molar-refractivity contribution in [1.29, 1.82) is 0 Å². The highest BCUT2D eigenvalue weighted by Crippen LogP contribution is 2.31. The molecule has 0 unspecified atom stereocenters. The summed E-state index contributed by atoms with van der Waals surface area (Å²) in [6.45, 7) is 10.9. The largest absolute Gasteiger partial charge is 0.256 e. The van der Waals surface area contributed by atoms with Gasteiger partial charge in [-0.25, -0.2) is 0 Å². The molecule has 1 heterocycles. The third-order valence-corrected chi connectivity index (χ3v) is 5.03. The standard InChI is InChI=1S/C24H27N/c1-6-19-12-20(7-2)14-22(13-19)21-10-16(3)11-23(15-21)24-18(5)17(4)8-9-25-24/h8-15H,6-7H2,1-5H3. The van der Waals surface area contributed by atoms with Crippen LogP contribution in [0.15, 0.2) is 48.7 Å². The highest BCUT2D eigenvalue weighted by molar-refractivity contribution is 5.75. The number of aryl methyl sites for hydroxylation is 4. The van der Waals surface area contributed by atoms with Gasteiger partial charge in [0.1, 0.15) is 0 Å². The van der Waals surface area contributed by atoms with Gasteiger partial charge in [-0.15, -0.1) is 0 Å². The van der Waals surface area contributed by atoms with Crippen LogP contribution >= 0.6 is 0 Å². The van der Waals surface area contributed by atoms with Crippen LogP contribution in [0.5, 0.6) is 0 Å². The lowest BCUT2D eigenvalue weighted by Crippen LogP contribution is -1.93. The van der Waals surface area contributed by atoms with Gasteiger partial charge in [0.05, 0.1) is 5.69 Å². The zero-order chi connectivity index (χ0) is 18.0. The molecular weight excluding hydrogens is 302 g/mol. The number of pyridine rings is 1. The molecule has 3 aromatic rings. The van der Waals surface area contributed by atoms with Crippen molar-refractivity contribution in [3.8, 4) is 22.4 Å². The molecule has 0 aliphatic heterocycles. The Kier molecular flexibility index (Phi) is 5.03. The topological polar surface area (TPSA) is 12.9 Å². The maximum absolute atomic E-state index is 4.65. The van der Waals surface area contributed by atoms with Crippen LogP contribution in [0, 0.1) is 20.8 Å². The van der Waals surface area contributed by atoms with Crippen LogP contribution in [-0.4, -0.2) is 4.98 Å². The number of aromatic nitrogens is 1. The van der Waals surface area contributed by atoms with Crippen LogP contribution in [-0.2, 0) is 12.8 Å². The third kappa shape index (κ3) is 3.66. The van der Waals surface area contributed by atoms with E-state index in [9.17, 15) is 0 Å². The first-order valence-electron chi connectivity index (χ1n) is 9.19. The number of nitrogens with zero attached hydrogens (tertiary/aromatic N) is 1. The van der Waals surface area contributed by atoms with E-state index < -0.39 is 0 Å². The molecule has 128 valence electrons. The third-order valence-electron chi connectivity index (χ3n) is 5.03. The van der Waals surface area contributed by atoms with Crippen LogP contribution in [0.4, 0.5) is 0 Å². The first-order chi connectivity index (χ1) is 12.0. The molecule has 3 rings (SSSR count). The van der Waals surface area contributed by atoms with E-state index in [-0.39, 0.29) is 0 Å². The fourth-order valence-electron chi connectivity index (χ4n) is 3.35. The van der Waals surface area contributed by atoms with Crippen molar-refractivity contribution < 1.29 is 0 Å². The minimum absolute atomic E-state index is 1.07. The molecule has 0 radical (unpaired) electrons. The molecule has 1 aromatic heterocycles. The predicted molar refractivity (Wildman–Crippen MR) is 108 cm³/mol. The molecule has 0 amide bonds. The van der Waals surface area contributed by atoms with Crippen molar-refractivity contribution in [1.82, 2.24) is 4.98 Å². The molecular formula is C24H27N. The second-order valence-corrected chi connectivity index (χ2v) is 6.93. The lowest BCUT2D eigenvalue weighted by molar-refractivity contribution is 1.09. The van der Waals surface area contributed by atoms with Crippen molar-refractivity contribution in [2.24, 2.45) is 0 Å². The summed E-state index contributed by atoms with van der Waals surface area (Å²) in [6.07, 6.45) is 4.04. The highest BCUT2D eigenvalue weighted by Gasteiger charge is 2.09. The van der Waals surface area contributed by atoms with E-state index in [0.29, 0.717) is 0 Å². The molecule has 0 saturated carbocycles. The predicted octanol–water partition coefficient (Wildman–Crippen LogP) is 6.47. The van der Waals surface area contributed by atoms with E-state index in [1.54, 1.807) is 0 Å². The molecule has 0 bridgehead atoms. The molecule has 25 heavy (non-hydrogen) atoms. The number of benzene rings is 2. The summed E-state index contributed by atoms with van der Waals surface area (Å²) in [5, 5.41) is 0. The molecule has 0 aliphatic rings. The first kappa shape index (κ1) is 17.4. The summed E-state index contributed by atoms with van der Waals surface area (Å²) in [6, 6.07) is 15.9. The van der Waals surface area contributed by atoms with E-state index in [2.05, 4.69) is 82.1 Å². The molecule has 1 heteroatoms. The molecule has 1 nitrogen and oxygen atoms in total. The molecule has 0 atom stereocenters. The van der Waals surface area contributed by atoms with Gasteiger partial charge in [-0.05, 0) is 90.8 Å². The quantitative estimate of drug-likeness (QED) is 0.535. The number of hydrogen-bond donors (Lipinski definition) is 0. The Morgan fingerprint density at radius 2 is 1.32 bits per heavy atom. The van der Waals surface area contributed by atoms with Gasteiger partial charge < -0.3 is 0 Å². The van der Waals surface area contributed by atoms with E-state index in [1.807, 2.05) is 6.20 Å². The summed E-state index contributed by atoms with van der Waals surface area (Å²) in [5.41, 5.74) is 11.5. The summed E-state index contributed by atoms with van der Waals surface area (Å²) in [7, 11) is 0. The SMILES string of the molecule is CCc1cc(CC)cc(-c2cc(C)cc(-c3nccc(C)c3C)c2)c1. The van der Waals surface area contributed by atoms with Crippen molar-refractivity contribution in [2.75, 3.05) is 0 Å². The minimum atomic E-state index is 1.07. The van der Waals surface area contributed by atoms with Gasteiger partial charge in [0.25, 0.3) is 0 Å². The maximum Gasteiger partial charge on any atom is 0.0734 e. The van der Waals surface area contributed by atoms with E-state index in [0.717, 1.165) is 18.5 Å². The van der Waals surface area contributed by atoms with Gasteiger partial charge in [0, 0.05) is 11.8 Å². The fraction of sp³-hybridized carbons (Fsp3) is 0.292. The minimum Gasteiger partial charge on any atom is -0.256 e. The van der Waals surface area contributed by atoms with E-state index in [1.165, 1.54) is 44.5 Å². The van der Waals surface area contributed by atoms with Gasteiger partial charge in [0.15, 0.2) is 0 Å². The first-order valence-corrected chi connectivity index (χ1v) is 9.19. The van der Waals surface area contributed by atoms with Crippen LogP contribution in [0.3, 0.4) is 0 Å². The van der Waals surface area contributed by atoms with Crippen LogP contribution in [0.1, 0.15) is 41.7 Å². The van der Waals surface area contributed by atoms with Crippen molar-refractivity contribution >= 4 is 0 Å². The Morgan fingerprint density at radius 1 is 0.720 bits per heavy atom. The summed E-state index contributed by atoms with van der Waals surface area (Å²) in [5.74, 6) is 0. The molecule has 0 N–H and O–H groups in total. The smallest absolute Gasteiger partial charge is 0.0734 e. The zero-order valence-corrected chi connectivity index (χ0v) is 16.0. The van der Waals surface area contributed by atoms with Crippen LogP contribution in [0.2, 0.25) is 0 Å². The Bertz CT molecular complexity index is 884. The molecule has 0 spiro atoms. The summed E-state index contributed by atoms with van der Waals surface area (Å²) >= 11 is 0. The van der Waals surface area contributed by atoms with Crippen LogP contribution < -0.4 is 0 Å². The molecule has 2 aromatic carbocycles. The van der Waals surface area contributed by atoms with Crippen LogP contribution in [0.25, 0.3) is 22.4 Å². The molecule has 0 saturated heterocycles. The summed E-state index contributed by atoms with van der Waals surface area (Å²) in [4.78, 5) is 4.65. The lowest BCUT2D eigenvalue weighted by Gasteiger charge is -2.13. The van der Waals surface area contributed by atoms with Gasteiger partial charge >= 0.3 is 0 Å². The number of hydrogen-bond acceptors (Lipinski definition) is 1. The molecule has 0 aliphatic carbocycles. The fourth-order valence-corrected chi connectivity index (χ4v) is 3.35. The van der Waals surface area contributed by atoms with Gasteiger partial charge in [-0.2, -0.15) is 0 Å². The van der Waals surface area contributed by atoms with Gasteiger partial charge in [-0.1, -0.05) is 38.1 Å². The maximum atomic E-state index is 4.65. The van der Waals surface area contributed by atoms with Crippen molar-refractivity contribution in [3.05, 3.63) is 76.5 Å². The normalized spacial score (nSPS) is 10.9. The Morgan fingerprint density at radius 3 is 1.96 bits per heavy atom. The van der Waals surface area contributed by atoms with Gasteiger partial charge in [-0.3, -0.25) is 4.98 Å². The summed E-state index contributed by atoms with van der Waals surface area (Å²) < 4.78 is 0. The zero-order valence-electron chi connectivity index (χ0n) is 16.0. The second kappa shape index (κ2) is 7.23. The van der Waals surface area contributed by atoms with E-state index in [4.69, 9.17) is 0 Å².